The highest BCUT2D eigenvalue weighted by atomic mass is 127. The molecule has 1 aliphatic rings. The number of aliphatic imine (C=N–C) groups is 1. The summed E-state index contributed by atoms with van der Waals surface area (Å²) in [5.74, 6) is 3.20. The molecule has 138 valence electrons. The summed E-state index contributed by atoms with van der Waals surface area (Å²) in [5, 5.41) is 4.16. The number of aromatic nitrogens is 2. The van der Waals surface area contributed by atoms with Crippen molar-refractivity contribution in [3.05, 3.63) is 30.1 Å². The third kappa shape index (κ3) is 4.81. The molecule has 7 heteroatoms. The number of halogens is 1. The van der Waals surface area contributed by atoms with Crippen molar-refractivity contribution in [2.45, 2.75) is 32.1 Å². The van der Waals surface area contributed by atoms with E-state index in [2.05, 4.69) is 65.6 Å². The van der Waals surface area contributed by atoms with Gasteiger partial charge in [-0.05, 0) is 25.5 Å². The van der Waals surface area contributed by atoms with Gasteiger partial charge in [-0.1, -0.05) is 19.1 Å². The highest BCUT2D eigenvalue weighted by Crippen LogP contribution is 2.21. The largest absolute Gasteiger partial charge is 0.357 e. The molecular weight excluding hydrogens is 445 g/mol. The predicted molar refractivity (Wildman–Crippen MR) is 119 cm³/mol. The molecule has 0 aliphatic carbocycles. The number of nitrogens with zero attached hydrogens (tertiary/aromatic N) is 4. The van der Waals surface area contributed by atoms with Crippen LogP contribution in [0.4, 0.5) is 0 Å². The van der Waals surface area contributed by atoms with Gasteiger partial charge in [-0.25, -0.2) is 9.98 Å². The van der Waals surface area contributed by atoms with Gasteiger partial charge in [0, 0.05) is 37.7 Å². The average molecular weight is 473 g/mol. The molecule has 0 radical (unpaired) electrons. The minimum absolute atomic E-state index is 0. The number of aryl methyl sites for hydroxylation is 1. The zero-order chi connectivity index (χ0) is 16.9. The molecule has 1 atom stereocenters. The van der Waals surface area contributed by atoms with E-state index in [0.717, 1.165) is 42.5 Å². The lowest BCUT2D eigenvalue weighted by Crippen LogP contribution is -2.48. The SMILES string of the molecule is CCNC(=NCc1nc2ccccc2n1C)N1CCSC(CC)C1.I. The number of hydrogen-bond acceptors (Lipinski definition) is 3. The van der Waals surface area contributed by atoms with Gasteiger partial charge in [0.25, 0.3) is 0 Å². The average Bonchev–Trinajstić information content (AvgIpc) is 2.95. The summed E-state index contributed by atoms with van der Waals surface area (Å²) in [6.45, 7) is 8.03. The van der Waals surface area contributed by atoms with Gasteiger partial charge in [-0.2, -0.15) is 11.8 Å². The van der Waals surface area contributed by atoms with Crippen LogP contribution in [0.3, 0.4) is 0 Å². The third-order valence-electron chi connectivity index (χ3n) is 4.48. The van der Waals surface area contributed by atoms with Crippen LogP contribution in [0.25, 0.3) is 11.0 Å². The number of benzene rings is 1. The molecule has 3 rings (SSSR count). The lowest BCUT2D eigenvalue weighted by molar-refractivity contribution is 0.408. The number of fused-ring (bicyclic) bond motifs is 1. The van der Waals surface area contributed by atoms with Crippen molar-refractivity contribution in [3.63, 3.8) is 0 Å². The van der Waals surface area contributed by atoms with Gasteiger partial charge in [0.15, 0.2) is 5.96 Å². The van der Waals surface area contributed by atoms with Gasteiger partial charge in [-0.15, -0.1) is 24.0 Å². The summed E-state index contributed by atoms with van der Waals surface area (Å²) < 4.78 is 2.14. The highest BCUT2D eigenvalue weighted by molar-refractivity contribution is 14.0. The Labute approximate surface area is 171 Å². The fraction of sp³-hybridized carbons (Fsp3) is 0.556. The normalized spacial score (nSPS) is 18.3. The molecule has 1 unspecified atom stereocenters. The summed E-state index contributed by atoms with van der Waals surface area (Å²) >= 11 is 2.08. The zero-order valence-electron chi connectivity index (χ0n) is 15.2. The van der Waals surface area contributed by atoms with E-state index in [9.17, 15) is 0 Å². The second kappa shape index (κ2) is 9.66. The number of rotatable bonds is 4. The van der Waals surface area contributed by atoms with Crippen LogP contribution in [-0.2, 0) is 13.6 Å². The Morgan fingerprint density at radius 2 is 2.16 bits per heavy atom. The van der Waals surface area contributed by atoms with Crippen LogP contribution >= 0.6 is 35.7 Å². The number of para-hydroxylation sites is 2. The molecule has 5 nitrogen and oxygen atoms in total. The molecule has 1 aromatic carbocycles. The number of thioether (sulfide) groups is 1. The molecular formula is C18H28IN5S. The van der Waals surface area contributed by atoms with Crippen molar-refractivity contribution < 1.29 is 0 Å². The number of nitrogens with one attached hydrogen (secondary N) is 1. The summed E-state index contributed by atoms with van der Waals surface area (Å²) in [4.78, 5) is 12.0. The van der Waals surface area contributed by atoms with Crippen LogP contribution in [0.5, 0.6) is 0 Å². The first-order chi connectivity index (χ1) is 11.7. The molecule has 0 amide bonds. The number of hydrogen-bond donors (Lipinski definition) is 1. The van der Waals surface area contributed by atoms with Crippen molar-refractivity contribution in [2.24, 2.45) is 12.0 Å². The van der Waals surface area contributed by atoms with E-state index in [4.69, 9.17) is 9.98 Å². The fourth-order valence-corrected chi connectivity index (χ4v) is 4.25. The number of imidazole rings is 1. The van der Waals surface area contributed by atoms with E-state index >= 15 is 0 Å². The van der Waals surface area contributed by atoms with E-state index in [1.54, 1.807) is 0 Å². The van der Waals surface area contributed by atoms with Crippen molar-refractivity contribution >= 4 is 52.7 Å². The molecule has 0 spiro atoms. The van der Waals surface area contributed by atoms with Gasteiger partial charge in [0.1, 0.15) is 12.4 Å². The molecule has 25 heavy (non-hydrogen) atoms. The minimum Gasteiger partial charge on any atom is -0.357 e. The second-order valence-corrected chi connectivity index (χ2v) is 7.50. The lowest BCUT2D eigenvalue weighted by Gasteiger charge is -2.34. The van der Waals surface area contributed by atoms with Crippen LogP contribution in [0.1, 0.15) is 26.1 Å². The summed E-state index contributed by atoms with van der Waals surface area (Å²) in [7, 11) is 2.07. The Hall–Kier alpha value is -0.960. The topological polar surface area (TPSA) is 45.5 Å². The minimum atomic E-state index is 0. The molecule has 2 aromatic rings. The Morgan fingerprint density at radius 3 is 2.88 bits per heavy atom. The van der Waals surface area contributed by atoms with Gasteiger partial charge >= 0.3 is 0 Å². The second-order valence-electron chi connectivity index (χ2n) is 6.09. The summed E-state index contributed by atoms with van der Waals surface area (Å²) in [5.41, 5.74) is 2.20. The molecule has 1 fully saturated rings. The molecule has 1 N–H and O–H groups in total. The van der Waals surface area contributed by atoms with Gasteiger partial charge in [0.2, 0.25) is 0 Å². The van der Waals surface area contributed by atoms with Crippen molar-refractivity contribution in [2.75, 3.05) is 25.4 Å². The maximum atomic E-state index is 4.87. The van der Waals surface area contributed by atoms with E-state index in [0.29, 0.717) is 11.8 Å². The summed E-state index contributed by atoms with van der Waals surface area (Å²) in [6, 6.07) is 8.25. The van der Waals surface area contributed by atoms with Crippen molar-refractivity contribution in [1.82, 2.24) is 19.8 Å². The molecule has 1 saturated heterocycles. The Kier molecular flexibility index (Phi) is 7.86. The maximum Gasteiger partial charge on any atom is 0.194 e. The Balaban J connectivity index is 0.00000225. The Bertz CT molecular complexity index is 715. The van der Waals surface area contributed by atoms with Crippen LogP contribution in [-0.4, -0.2) is 51.0 Å². The van der Waals surface area contributed by atoms with Crippen molar-refractivity contribution in [1.29, 1.82) is 0 Å². The Morgan fingerprint density at radius 1 is 1.36 bits per heavy atom. The lowest BCUT2D eigenvalue weighted by atomic mass is 10.3. The molecule has 2 heterocycles. The van der Waals surface area contributed by atoms with E-state index in [1.807, 2.05) is 6.07 Å². The molecule has 0 bridgehead atoms. The monoisotopic (exact) mass is 473 g/mol. The van der Waals surface area contributed by atoms with E-state index in [1.165, 1.54) is 12.2 Å². The van der Waals surface area contributed by atoms with Crippen molar-refractivity contribution in [3.8, 4) is 0 Å². The zero-order valence-corrected chi connectivity index (χ0v) is 18.4. The quantitative estimate of drug-likeness (QED) is 0.420. The maximum absolute atomic E-state index is 4.87. The third-order valence-corrected chi connectivity index (χ3v) is 5.85. The smallest absolute Gasteiger partial charge is 0.194 e. The molecule has 0 saturated carbocycles. The van der Waals surface area contributed by atoms with Crippen LogP contribution in [0.2, 0.25) is 0 Å². The number of guanidine groups is 1. The van der Waals surface area contributed by atoms with Gasteiger partial charge in [-0.3, -0.25) is 0 Å². The van der Waals surface area contributed by atoms with Crippen LogP contribution in [0.15, 0.2) is 29.3 Å². The first kappa shape index (κ1) is 20.4. The van der Waals surface area contributed by atoms with E-state index < -0.39 is 0 Å². The highest BCUT2D eigenvalue weighted by Gasteiger charge is 2.21. The fourth-order valence-electron chi connectivity index (χ4n) is 3.07. The van der Waals surface area contributed by atoms with Gasteiger partial charge in [0.05, 0.1) is 11.0 Å². The molecule has 1 aliphatic heterocycles. The first-order valence-corrected chi connectivity index (χ1v) is 9.83. The van der Waals surface area contributed by atoms with Gasteiger partial charge < -0.3 is 14.8 Å². The first-order valence-electron chi connectivity index (χ1n) is 8.78. The standard InChI is InChI=1S/C18H27N5S.HI/c1-4-14-13-23(10-11-24-14)18(19-5-2)20-12-17-21-15-8-6-7-9-16(15)22(17)3;/h6-9,14H,4-5,10-13H2,1-3H3,(H,19,20);1H. The van der Waals surface area contributed by atoms with Crippen LogP contribution in [0, 0.1) is 0 Å². The predicted octanol–water partition coefficient (Wildman–Crippen LogP) is 3.48. The van der Waals surface area contributed by atoms with E-state index in [-0.39, 0.29) is 24.0 Å². The molecule has 1 aromatic heterocycles. The summed E-state index contributed by atoms with van der Waals surface area (Å²) in [6.07, 6.45) is 1.21. The van der Waals surface area contributed by atoms with Crippen LogP contribution < -0.4 is 5.32 Å².